The van der Waals surface area contributed by atoms with Crippen LogP contribution in [0.15, 0.2) is 60.0 Å². The van der Waals surface area contributed by atoms with E-state index in [1.165, 1.54) is 30.5 Å². The van der Waals surface area contributed by atoms with Crippen molar-refractivity contribution >= 4 is 29.0 Å². The molecule has 7 nitrogen and oxygen atoms in total. The zero-order valence-corrected chi connectivity index (χ0v) is 21.7. The molecule has 2 fully saturated rings. The molecule has 38 heavy (non-hydrogen) atoms. The molecule has 2 aliphatic rings. The lowest BCUT2D eigenvalue weighted by atomic mass is 10.1. The number of hydrogen-bond donors (Lipinski definition) is 2. The van der Waals surface area contributed by atoms with Crippen molar-refractivity contribution in [3.8, 4) is 0 Å². The molecule has 2 saturated heterocycles. The summed E-state index contributed by atoms with van der Waals surface area (Å²) in [5.41, 5.74) is 6.43. The van der Waals surface area contributed by atoms with Gasteiger partial charge in [-0.25, -0.2) is 14.4 Å². The van der Waals surface area contributed by atoms with Crippen LogP contribution in [0.2, 0.25) is 5.02 Å². The quantitative estimate of drug-likeness (QED) is 0.330. The maximum atomic E-state index is 13.7. The number of aliphatic imine (C=N–C) groups is 1. The molecule has 3 N–H and O–H groups in total. The van der Waals surface area contributed by atoms with Crippen LogP contribution >= 0.6 is 11.6 Å². The number of piperazine rings is 2. The molecular weight excluding hydrogens is 522 g/mol. The first-order valence-electron chi connectivity index (χ1n) is 12.2. The largest absolute Gasteiger partial charge is 0.419 e. The van der Waals surface area contributed by atoms with Crippen molar-refractivity contribution in [2.75, 3.05) is 50.7 Å². The summed E-state index contributed by atoms with van der Waals surface area (Å²) in [6, 6.07) is 6.79. The first-order valence-corrected chi connectivity index (χ1v) is 12.6. The Balaban J connectivity index is 1.59. The molecule has 4 rings (SSSR count). The van der Waals surface area contributed by atoms with Gasteiger partial charge in [0.2, 0.25) is 0 Å². The molecule has 204 valence electrons. The number of anilines is 1. The molecule has 2 aliphatic heterocycles. The Hall–Kier alpha value is -3.31. The fraction of sp³-hybridized carbons (Fsp3) is 0.385. The average Bonchev–Trinajstić information content (AvgIpc) is 2.89. The van der Waals surface area contributed by atoms with E-state index in [1.807, 2.05) is 4.90 Å². The van der Waals surface area contributed by atoms with E-state index in [0.717, 1.165) is 25.7 Å². The van der Waals surface area contributed by atoms with Gasteiger partial charge in [0.25, 0.3) is 0 Å². The molecule has 1 aromatic carbocycles. The highest BCUT2D eigenvalue weighted by atomic mass is 35.5. The average molecular weight is 552 g/mol. The Morgan fingerprint density at radius 3 is 2.58 bits per heavy atom. The molecule has 0 saturated carbocycles. The lowest BCUT2D eigenvalue weighted by Crippen LogP contribution is -2.50. The van der Waals surface area contributed by atoms with Gasteiger partial charge in [-0.2, -0.15) is 13.2 Å². The van der Waals surface area contributed by atoms with Gasteiger partial charge in [-0.3, -0.25) is 0 Å². The van der Waals surface area contributed by atoms with Crippen molar-refractivity contribution in [2.24, 2.45) is 10.7 Å². The highest BCUT2D eigenvalue weighted by molar-refractivity contribution is 6.30. The Morgan fingerprint density at radius 2 is 1.92 bits per heavy atom. The number of pyridine rings is 1. The second kappa shape index (κ2) is 11.6. The van der Waals surface area contributed by atoms with E-state index in [4.69, 9.17) is 22.3 Å². The minimum Gasteiger partial charge on any atom is -0.398 e. The third-order valence-electron chi connectivity index (χ3n) is 6.51. The molecule has 0 bridgehead atoms. The van der Waals surface area contributed by atoms with Gasteiger partial charge in [0.1, 0.15) is 23.3 Å². The number of rotatable bonds is 5. The number of benzene rings is 1. The van der Waals surface area contributed by atoms with Crippen LogP contribution in [0.4, 0.5) is 23.4 Å². The highest BCUT2D eigenvalue weighted by Crippen LogP contribution is 2.35. The van der Waals surface area contributed by atoms with Crippen LogP contribution in [0.1, 0.15) is 18.1 Å². The third kappa shape index (κ3) is 6.57. The van der Waals surface area contributed by atoms with Gasteiger partial charge in [-0.1, -0.05) is 18.2 Å². The standard InChI is InChI=1S/C26H30ClF4N7/c1-17-16-38(9-8-33-17)18(2)35-24(15-23(32)19-5-6-22(28)21(27)14-19)36-10-12-37(13-11-36)25-20(26(29,30)31)4-3-7-34-25/h3-7,14-15,17,33H,2,8-13,16,32H2,1H3/b23-15-,35-24+. The van der Waals surface area contributed by atoms with Crippen molar-refractivity contribution in [1.82, 2.24) is 20.1 Å². The smallest absolute Gasteiger partial charge is 0.398 e. The van der Waals surface area contributed by atoms with E-state index in [1.54, 1.807) is 11.0 Å². The molecule has 1 atom stereocenters. The van der Waals surface area contributed by atoms with E-state index in [0.29, 0.717) is 49.1 Å². The lowest BCUT2D eigenvalue weighted by molar-refractivity contribution is -0.137. The maximum absolute atomic E-state index is 13.7. The van der Waals surface area contributed by atoms with Gasteiger partial charge in [-0.15, -0.1) is 0 Å². The van der Waals surface area contributed by atoms with E-state index in [-0.39, 0.29) is 16.9 Å². The van der Waals surface area contributed by atoms with Crippen LogP contribution in [-0.4, -0.2) is 72.5 Å². The van der Waals surface area contributed by atoms with Gasteiger partial charge < -0.3 is 25.8 Å². The fourth-order valence-electron chi connectivity index (χ4n) is 4.48. The third-order valence-corrected chi connectivity index (χ3v) is 6.80. The van der Waals surface area contributed by atoms with Crippen LogP contribution in [0, 0.1) is 5.82 Å². The summed E-state index contributed by atoms with van der Waals surface area (Å²) in [6.45, 7) is 9.85. The van der Waals surface area contributed by atoms with Crippen LogP contribution in [0.5, 0.6) is 0 Å². The van der Waals surface area contributed by atoms with Crippen molar-refractivity contribution in [3.63, 3.8) is 0 Å². The van der Waals surface area contributed by atoms with Gasteiger partial charge in [0.15, 0.2) is 0 Å². The number of halogens is 5. The van der Waals surface area contributed by atoms with Gasteiger partial charge in [0.05, 0.1) is 10.6 Å². The fourth-order valence-corrected chi connectivity index (χ4v) is 4.66. The number of amidine groups is 1. The summed E-state index contributed by atoms with van der Waals surface area (Å²) < 4.78 is 54.3. The Labute approximate surface area is 224 Å². The monoisotopic (exact) mass is 551 g/mol. The molecule has 12 heteroatoms. The number of aromatic nitrogens is 1. The molecule has 1 aromatic heterocycles. The summed E-state index contributed by atoms with van der Waals surface area (Å²) in [5.74, 6) is 0.424. The Morgan fingerprint density at radius 1 is 1.18 bits per heavy atom. The molecule has 1 unspecified atom stereocenters. The first kappa shape index (κ1) is 27.7. The van der Waals surface area contributed by atoms with E-state index >= 15 is 0 Å². The zero-order valence-electron chi connectivity index (χ0n) is 21.0. The summed E-state index contributed by atoms with van der Waals surface area (Å²) in [7, 11) is 0. The van der Waals surface area contributed by atoms with Crippen LogP contribution in [-0.2, 0) is 6.18 Å². The second-order valence-electron chi connectivity index (χ2n) is 9.26. The molecule has 2 aromatic rings. The van der Waals surface area contributed by atoms with Crippen molar-refractivity contribution in [3.05, 3.63) is 77.0 Å². The summed E-state index contributed by atoms with van der Waals surface area (Å²) in [4.78, 5) is 14.4. The number of nitrogens with zero attached hydrogens (tertiary/aromatic N) is 5. The van der Waals surface area contributed by atoms with Crippen LogP contribution in [0.25, 0.3) is 5.70 Å². The van der Waals surface area contributed by atoms with Gasteiger partial charge in [0, 0.05) is 69.8 Å². The lowest BCUT2D eigenvalue weighted by Gasteiger charge is -2.38. The van der Waals surface area contributed by atoms with Crippen LogP contribution in [0.3, 0.4) is 0 Å². The molecule has 0 amide bonds. The molecule has 0 aliphatic carbocycles. The number of alkyl halides is 3. The van der Waals surface area contributed by atoms with Crippen molar-refractivity contribution in [2.45, 2.75) is 19.1 Å². The van der Waals surface area contributed by atoms with Crippen molar-refractivity contribution in [1.29, 1.82) is 0 Å². The minimum absolute atomic E-state index is 0.0546. The number of hydrogen-bond acceptors (Lipinski definition) is 6. The van der Waals surface area contributed by atoms with E-state index < -0.39 is 17.6 Å². The van der Waals surface area contributed by atoms with Gasteiger partial charge in [-0.05, 0) is 42.8 Å². The minimum atomic E-state index is -4.50. The summed E-state index contributed by atoms with van der Waals surface area (Å²) in [5, 5.41) is 3.32. The molecule has 3 heterocycles. The second-order valence-corrected chi connectivity index (χ2v) is 9.67. The van der Waals surface area contributed by atoms with Crippen molar-refractivity contribution < 1.29 is 17.6 Å². The van der Waals surface area contributed by atoms with E-state index in [9.17, 15) is 17.6 Å². The number of nitrogens with one attached hydrogen (secondary N) is 1. The molecule has 0 spiro atoms. The topological polar surface area (TPSA) is 73.0 Å². The SMILES string of the molecule is C=C(/N=C(\C=C(/N)c1ccc(F)c(Cl)c1)N1CCN(c2ncccc2C(F)(F)F)CC1)N1CCNC(C)C1. The zero-order chi connectivity index (χ0) is 27.4. The highest BCUT2D eigenvalue weighted by Gasteiger charge is 2.36. The Bertz CT molecular complexity index is 1220. The predicted octanol–water partition coefficient (Wildman–Crippen LogP) is 4.18. The summed E-state index contributed by atoms with van der Waals surface area (Å²) in [6.07, 6.45) is -1.48. The molecule has 0 radical (unpaired) electrons. The predicted molar refractivity (Wildman–Crippen MR) is 142 cm³/mol. The van der Waals surface area contributed by atoms with Gasteiger partial charge >= 0.3 is 6.18 Å². The van der Waals surface area contributed by atoms with E-state index in [2.05, 4.69) is 28.7 Å². The Kier molecular flexibility index (Phi) is 8.47. The van der Waals surface area contributed by atoms with Crippen LogP contribution < -0.4 is 16.0 Å². The maximum Gasteiger partial charge on any atom is 0.419 e. The normalized spacial score (nSPS) is 19.6. The molecular formula is C26H30ClF4N7. The number of nitrogens with two attached hydrogens (primary N) is 1. The first-order chi connectivity index (χ1) is 18.0. The summed E-state index contributed by atoms with van der Waals surface area (Å²) >= 11 is 5.95.